The lowest BCUT2D eigenvalue weighted by Crippen LogP contribution is -2.34. The monoisotopic (exact) mass is 458 g/mol. The number of benzene rings is 3. The van der Waals surface area contributed by atoms with E-state index in [1.807, 2.05) is 30.3 Å². The predicted octanol–water partition coefficient (Wildman–Crippen LogP) is 5.29. The van der Waals surface area contributed by atoms with Crippen molar-refractivity contribution in [2.45, 2.75) is 6.61 Å². The maximum absolute atomic E-state index is 13.8. The van der Waals surface area contributed by atoms with Gasteiger partial charge in [0.05, 0.1) is 5.69 Å². The zero-order valence-electron chi connectivity index (χ0n) is 14.6. The number of amides is 1. The van der Waals surface area contributed by atoms with Crippen LogP contribution in [0.1, 0.15) is 15.9 Å². The molecule has 4 nitrogen and oxygen atoms in total. The van der Waals surface area contributed by atoms with E-state index in [1.54, 1.807) is 30.3 Å². The van der Waals surface area contributed by atoms with Gasteiger partial charge in [0.25, 0.3) is 5.91 Å². The molecule has 0 unspecified atom stereocenters. The molecule has 0 aliphatic carbocycles. The molecule has 3 rings (SSSR count). The van der Waals surface area contributed by atoms with E-state index in [0.717, 1.165) is 5.56 Å². The summed E-state index contributed by atoms with van der Waals surface area (Å²) in [5, 5.41) is 5.20. The van der Waals surface area contributed by atoms with Gasteiger partial charge in [-0.05, 0) is 60.2 Å². The van der Waals surface area contributed by atoms with Gasteiger partial charge in [-0.15, -0.1) is 0 Å². The van der Waals surface area contributed by atoms with Crippen molar-refractivity contribution in [3.63, 3.8) is 0 Å². The number of halogens is 2. The fourth-order valence-corrected chi connectivity index (χ4v) is 2.90. The second kappa shape index (κ2) is 9.43. The highest BCUT2D eigenvalue weighted by Crippen LogP contribution is 2.19. The van der Waals surface area contributed by atoms with Gasteiger partial charge < -0.3 is 10.1 Å². The average molecular weight is 459 g/mol. The molecule has 0 aliphatic rings. The Hall–Kier alpha value is -2.77. The van der Waals surface area contributed by atoms with Crippen molar-refractivity contribution in [3.8, 4) is 5.75 Å². The third-order valence-electron chi connectivity index (χ3n) is 3.77. The van der Waals surface area contributed by atoms with E-state index in [1.165, 1.54) is 12.1 Å². The van der Waals surface area contributed by atoms with Crippen LogP contribution in [0.5, 0.6) is 5.75 Å². The predicted molar refractivity (Wildman–Crippen MR) is 115 cm³/mol. The Balaban J connectivity index is 1.54. The lowest BCUT2D eigenvalue weighted by atomic mass is 10.2. The number of thiocarbonyl (C=S) groups is 1. The first-order chi connectivity index (χ1) is 13.5. The summed E-state index contributed by atoms with van der Waals surface area (Å²) in [6, 6.07) is 21.0. The lowest BCUT2D eigenvalue weighted by molar-refractivity contribution is 0.0977. The molecule has 7 heteroatoms. The van der Waals surface area contributed by atoms with Crippen LogP contribution < -0.4 is 15.4 Å². The molecule has 3 aromatic rings. The Labute approximate surface area is 175 Å². The van der Waals surface area contributed by atoms with Crippen LogP contribution >= 0.6 is 28.1 Å². The Morgan fingerprint density at radius 1 is 1.04 bits per heavy atom. The zero-order valence-corrected chi connectivity index (χ0v) is 17.0. The largest absolute Gasteiger partial charge is 0.489 e. The number of hydrogen-bond donors (Lipinski definition) is 2. The molecule has 0 saturated heterocycles. The number of hydrogen-bond acceptors (Lipinski definition) is 3. The van der Waals surface area contributed by atoms with E-state index in [0.29, 0.717) is 22.4 Å². The third-order valence-corrected chi connectivity index (χ3v) is 4.47. The minimum absolute atomic E-state index is 0.00984. The maximum Gasteiger partial charge on any atom is 0.257 e. The second-order valence-corrected chi connectivity index (χ2v) is 7.15. The van der Waals surface area contributed by atoms with Crippen molar-refractivity contribution in [2.75, 3.05) is 5.32 Å². The summed E-state index contributed by atoms with van der Waals surface area (Å²) >= 11 is 8.26. The maximum atomic E-state index is 13.8. The number of carbonyl (C=O) groups is 1. The number of nitrogens with one attached hydrogen (secondary N) is 2. The van der Waals surface area contributed by atoms with Crippen LogP contribution in [0, 0.1) is 5.82 Å². The molecule has 142 valence electrons. The zero-order chi connectivity index (χ0) is 19.9. The molecule has 0 radical (unpaired) electrons. The summed E-state index contributed by atoms with van der Waals surface area (Å²) < 4.78 is 20.1. The van der Waals surface area contributed by atoms with Gasteiger partial charge in [-0.1, -0.05) is 46.3 Å². The first kappa shape index (κ1) is 20.0. The molecular formula is C21H16BrFN2O2S. The highest BCUT2D eigenvalue weighted by Gasteiger charge is 2.10. The van der Waals surface area contributed by atoms with Crippen LogP contribution in [0.25, 0.3) is 0 Å². The molecule has 0 fully saturated rings. The van der Waals surface area contributed by atoms with E-state index in [2.05, 4.69) is 26.6 Å². The fourth-order valence-electron chi connectivity index (χ4n) is 2.36. The fraction of sp³-hybridized carbons (Fsp3) is 0.0476. The Morgan fingerprint density at radius 3 is 2.43 bits per heavy atom. The second-order valence-electron chi connectivity index (χ2n) is 5.83. The van der Waals surface area contributed by atoms with Gasteiger partial charge in [-0.25, -0.2) is 4.39 Å². The Kier molecular flexibility index (Phi) is 6.73. The lowest BCUT2D eigenvalue weighted by Gasteiger charge is -2.11. The standard InChI is InChI=1S/C21H16BrFN2O2S/c22-16-8-11-19(18(23)12-16)24-21(28)25-20(26)15-6-9-17(10-7-15)27-13-14-4-2-1-3-5-14/h1-12H,13H2,(H2,24,25,26,28). The molecule has 0 bridgehead atoms. The minimum atomic E-state index is -0.481. The van der Waals surface area contributed by atoms with Crippen LogP contribution in [0.15, 0.2) is 77.3 Å². The quantitative estimate of drug-likeness (QED) is 0.509. The molecule has 0 spiro atoms. The number of rotatable bonds is 5. The Bertz CT molecular complexity index is 981. The van der Waals surface area contributed by atoms with Crippen molar-refractivity contribution in [1.82, 2.24) is 5.32 Å². The highest BCUT2D eigenvalue weighted by atomic mass is 79.9. The molecule has 0 aliphatic heterocycles. The topological polar surface area (TPSA) is 50.4 Å². The highest BCUT2D eigenvalue weighted by molar-refractivity contribution is 9.10. The number of anilines is 1. The van der Waals surface area contributed by atoms with Crippen LogP contribution in [-0.4, -0.2) is 11.0 Å². The molecular weight excluding hydrogens is 443 g/mol. The van der Waals surface area contributed by atoms with E-state index < -0.39 is 11.7 Å². The molecule has 3 aromatic carbocycles. The van der Waals surface area contributed by atoms with E-state index in [-0.39, 0.29) is 10.8 Å². The van der Waals surface area contributed by atoms with Crippen LogP contribution in [0.4, 0.5) is 10.1 Å². The first-order valence-electron chi connectivity index (χ1n) is 8.35. The Morgan fingerprint density at radius 2 is 1.75 bits per heavy atom. The summed E-state index contributed by atoms with van der Waals surface area (Å²) in [6.07, 6.45) is 0. The normalized spacial score (nSPS) is 10.2. The van der Waals surface area contributed by atoms with E-state index in [9.17, 15) is 9.18 Å². The molecule has 28 heavy (non-hydrogen) atoms. The van der Waals surface area contributed by atoms with Crippen molar-refractivity contribution in [2.24, 2.45) is 0 Å². The van der Waals surface area contributed by atoms with Gasteiger partial charge in [0, 0.05) is 10.0 Å². The van der Waals surface area contributed by atoms with Crippen molar-refractivity contribution in [3.05, 3.63) is 94.2 Å². The molecule has 0 heterocycles. The smallest absolute Gasteiger partial charge is 0.257 e. The summed E-state index contributed by atoms with van der Waals surface area (Å²) in [5.41, 5.74) is 1.64. The van der Waals surface area contributed by atoms with Gasteiger partial charge >= 0.3 is 0 Å². The number of ether oxygens (including phenoxy) is 1. The molecule has 2 N–H and O–H groups in total. The summed E-state index contributed by atoms with van der Waals surface area (Å²) in [5.74, 6) is -0.228. The van der Waals surface area contributed by atoms with E-state index >= 15 is 0 Å². The van der Waals surface area contributed by atoms with Crippen molar-refractivity contribution >= 4 is 44.9 Å². The minimum Gasteiger partial charge on any atom is -0.489 e. The number of carbonyl (C=O) groups excluding carboxylic acids is 1. The SMILES string of the molecule is O=C(NC(=S)Nc1ccc(Br)cc1F)c1ccc(OCc2ccccc2)cc1. The van der Waals surface area contributed by atoms with Gasteiger partial charge in [0.2, 0.25) is 0 Å². The first-order valence-corrected chi connectivity index (χ1v) is 9.55. The van der Waals surface area contributed by atoms with Gasteiger partial charge in [0.1, 0.15) is 18.2 Å². The summed E-state index contributed by atoms with van der Waals surface area (Å²) in [4.78, 5) is 12.3. The van der Waals surface area contributed by atoms with Crippen LogP contribution in [0.2, 0.25) is 0 Å². The molecule has 0 atom stereocenters. The molecule has 0 saturated carbocycles. The van der Waals surface area contributed by atoms with Gasteiger partial charge in [-0.3, -0.25) is 10.1 Å². The van der Waals surface area contributed by atoms with Crippen molar-refractivity contribution in [1.29, 1.82) is 0 Å². The average Bonchev–Trinajstić information content (AvgIpc) is 2.69. The van der Waals surface area contributed by atoms with Crippen LogP contribution in [0.3, 0.4) is 0 Å². The molecule has 1 amide bonds. The van der Waals surface area contributed by atoms with Crippen molar-refractivity contribution < 1.29 is 13.9 Å². The van der Waals surface area contributed by atoms with Crippen LogP contribution in [-0.2, 0) is 6.61 Å². The van der Waals surface area contributed by atoms with Gasteiger partial charge in [-0.2, -0.15) is 0 Å². The van der Waals surface area contributed by atoms with Gasteiger partial charge in [0.15, 0.2) is 5.11 Å². The van der Waals surface area contributed by atoms with E-state index in [4.69, 9.17) is 17.0 Å². The molecule has 0 aromatic heterocycles. The summed E-state index contributed by atoms with van der Waals surface area (Å²) in [6.45, 7) is 0.444. The third kappa shape index (κ3) is 5.61. The summed E-state index contributed by atoms with van der Waals surface area (Å²) in [7, 11) is 0.